The number of hydrogen-bond acceptors (Lipinski definition) is 5. The molecule has 0 bridgehead atoms. The SMILES string of the molecule is Cc1cc([N+](=O)[O-])c(N2CCN(Cc3ccccc3C)CC2)cc1N.Cl. The van der Waals surface area contributed by atoms with Crippen LogP contribution in [0.4, 0.5) is 17.1 Å². The lowest BCUT2D eigenvalue weighted by Gasteiger charge is -2.36. The van der Waals surface area contributed by atoms with E-state index in [2.05, 4.69) is 41.0 Å². The van der Waals surface area contributed by atoms with Gasteiger partial charge in [0.25, 0.3) is 5.69 Å². The number of benzene rings is 2. The Labute approximate surface area is 160 Å². The Bertz CT molecular complexity index is 789. The zero-order chi connectivity index (χ0) is 18.0. The predicted molar refractivity (Wildman–Crippen MR) is 108 cm³/mol. The van der Waals surface area contributed by atoms with Crippen molar-refractivity contribution >= 4 is 29.5 Å². The van der Waals surface area contributed by atoms with Crippen molar-refractivity contribution in [2.75, 3.05) is 36.8 Å². The first kappa shape index (κ1) is 20.0. The Balaban J connectivity index is 0.00000243. The van der Waals surface area contributed by atoms with Crippen LogP contribution in [0.1, 0.15) is 16.7 Å². The molecule has 0 spiro atoms. The van der Waals surface area contributed by atoms with E-state index in [0.29, 0.717) is 11.4 Å². The molecule has 1 heterocycles. The Kier molecular flexibility index (Phi) is 6.45. The van der Waals surface area contributed by atoms with Gasteiger partial charge in [-0.3, -0.25) is 15.0 Å². The molecule has 26 heavy (non-hydrogen) atoms. The summed E-state index contributed by atoms with van der Waals surface area (Å²) < 4.78 is 0. The minimum absolute atomic E-state index is 0. The minimum Gasteiger partial charge on any atom is -0.398 e. The molecule has 0 unspecified atom stereocenters. The van der Waals surface area contributed by atoms with Gasteiger partial charge in [-0.2, -0.15) is 0 Å². The van der Waals surface area contributed by atoms with Gasteiger partial charge in [-0.1, -0.05) is 24.3 Å². The predicted octanol–water partition coefficient (Wildman–Crippen LogP) is 3.54. The maximum Gasteiger partial charge on any atom is 0.292 e. The number of anilines is 2. The number of halogens is 1. The van der Waals surface area contributed by atoms with Gasteiger partial charge in [0.1, 0.15) is 5.69 Å². The fraction of sp³-hybridized carbons (Fsp3) is 0.368. The van der Waals surface area contributed by atoms with Crippen molar-refractivity contribution in [3.05, 3.63) is 63.2 Å². The molecule has 2 aromatic carbocycles. The molecule has 7 heteroatoms. The van der Waals surface area contributed by atoms with Crippen molar-refractivity contribution in [1.82, 2.24) is 4.90 Å². The number of piperazine rings is 1. The van der Waals surface area contributed by atoms with Gasteiger partial charge >= 0.3 is 0 Å². The highest BCUT2D eigenvalue weighted by molar-refractivity contribution is 5.85. The topological polar surface area (TPSA) is 75.6 Å². The van der Waals surface area contributed by atoms with Crippen molar-refractivity contribution in [3.63, 3.8) is 0 Å². The van der Waals surface area contributed by atoms with Crippen LogP contribution < -0.4 is 10.6 Å². The lowest BCUT2D eigenvalue weighted by atomic mass is 10.1. The molecule has 0 amide bonds. The number of hydrogen-bond donors (Lipinski definition) is 1. The van der Waals surface area contributed by atoms with Crippen LogP contribution in [-0.4, -0.2) is 36.0 Å². The Hall–Kier alpha value is -2.31. The maximum atomic E-state index is 11.4. The van der Waals surface area contributed by atoms with E-state index in [4.69, 9.17) is 5.73 Å². The van der Waals surface area contributed by atoms with Gasteiger partial charge in [-0.15, -0.1) is 12.4 Å². The highest BCUT2D eigenvalue weighted by Crippen LogP contribution is 2.33. The van der Waals surface area contributed by atoms with E-state index in [1.54, 1.807) is 19.1 Å². The largest absolute Gasteiger partial charge is 0.398 e. The number of aryl methyl sites for hydroxylation is 2. The van der Waals surface area contributed by atoms with Crippen molar-refractivity contribution in [1.29, 1.82) is 0 Å². The summed E-state index contributed by atoms with van der Waals surface area (Å²) in [7, 11) is 0. The average molecular weight is 377 g/mol. The van der Waals surface area contributed by atoms with Gasteiger partial charge in [0, 0.05) is 44.5 Å². The Morgan fingerprint density at radius 1 is 1.08 bits per heavy atom. The summed E-state index contributed by atoms with van der Waals surface area (Å²) in [5, 5.41) is 11.4. The van der Waals surface area contributed by atoms with Crippen LogP contribution >= 0.6 is 12.4 Å². The van der Waals surface area contributed by atoms with E-state index in [0.717, 1.165) is 38.3 Å². The Morgan fingerprint density at radius 2 is 1.73 bits per heavy atom. The van der Waals surface area contributed by atoms with Crippen molar-refractivity contribution in [2.24, 2.45) is 0 Å². The number of nitrogens with two attached hydrogens (primary N) is 1. The molecular formula is C19H25ClN4O2. The second kappa shape index (κ2) is 8.38. The van der Waals surface area contributed by atoms with E-state index in [-0.39, 0.29) is 23.0 Å². The van der Waals surface area contributed by atoms with Crippen LogP contribution in [0, 0.1) is 24.0 Å². The maximum absolute atomic E-state index is 11.4. The third-order valence-electron chi connectivity index (χ3n) is 4.93. The van der Waals surface area contributed by atoms with Crippen LogP contribution in [-0.2, 0) is 6.54 Å². The number of rotatable bonds is 4. The molecule has 6 nitrogen and oxygen atoms in total. The summed E-state index contributed by atoms with van der Waals surface area (Å²) in [6.45, 7) is 8.11. The summed E-state index contributed by atoms with van der Waals surface area (Å²) in [4.78, 5) is 15.5. The molecule has 1 aliphatic rings. The first-order valence-corrected chi connectivity index (χ1v) is 8.52. The van der Waals surface area contributed by atoms with Crippen LogP contribution in [0.2, 0.25) is 0 Å². The molecule has 3 rings (SSSR count). The van der Waals surface area contributed by atoms with Gasteiger partial charge < -0.3 is 10.6 Å². The second-order valence-electron chi connectivity index (χ2n) is 6.64. The van der Waals surface area contributed by atoms with E-state index in [1.165, 1.54) is 11.1 Å². The van der Waals surface area contributed by atoms with Crippen LogP contribution in [0.15, 0.2) is 36.4 Å². The van der Waals surface area contributed by atoms with Crippen LogP contribution in [0.5, 0.6) is 0 Å². The summed E-state index contributed by atoms with van der Waals surface area (Å²) in [5.41, 5.74) is 10.7. The quantitative estimate of drug-likeness (QED) is 0.501. The summed E-state index contributed by atoms with van der Waals surface area (Å²) in [6.07, 6.45) is 0. The molecule has 1 saturated heterocycles. The lowest BCUT2D eigenvalue weighted by Crippen LogP contribution is -2.46. The molecule has 0 aliphatic carbocycles. The van der Waals surface area contributed by atoms with Gasteiger partial charge in [0.2, 0.25) is 0 Å². The summed E-state index contributed by atoms with van der Waals surface area (Å²) >= 11 is 0. The molecule has 1 fully saturated rings. The lowest BCUT2D eigenvalue weighted by molar-refractivity contribution is -0.384. The first-order chi connectivity index (χ1) is 12.0. The van der Waals surface area contributed by atoms with E-state index >= 15 is 0 Å². The van der Waals surface area contributed by atoms with Crippen molar-refractivity contribution < 1.29 is 4.92 Å². The summed E-state index contributed by atoms with van der Waals surface area (Å²) in [5.74, 6) is 0. The number of nitrogens with zero attached hydrogens (tertiary/aromatic N) is 3. The highest BCUT2D eigenvalue weighted by Gasteiger charge is 2.25. The number of nitrogen functional groups attached to an aromatic ring is 1. The number of nitro benzene ring substituents is 1. The van der Waals surface area contributed by atoms with Gasteiger partial charge in [0.05, 0.1) is 4.92 Å². The van der Waals surface area contributed by atoms with E-state index in [9.17, 15) is 10.1 Å². The van der Waals surface area contributed by atoms with Crippen LogP contribution in [0.25, 0.3) is 0 Å². The molecule has 2 aromatic rings. The monoisotopic (exact) mass is 376 g/mol. The van der Waals surface area contributed by atoms with Gasteiger partial charge in [-0.25, -0.2) is 0 Å². The number of nitro groups is 1. The van der Waals surface area contributed by atoms with Gasteiger partial charge in [0.15, 0.2) is 0 Å². The molecule has 140 valence electrons. The van der Waals surface area contributed by atoms with Crippen molar-refractivity contribution in [2.45, 2.75) is 20.4 Å². The Morgan fingerprint density at radius 3 is 2.35 bits per heavy atom. The highest BCUT2D eigenvalue weighted by atomic mass is 35.5. The third kappa shape index (κ3) is 4.26. The molecule has 1 aliphatic heterocycles. The van der Waals surface area contributed by atoms with Crippen molar-refractivity contribution in [3.8, 4) is 0 Å². The molecule has 0 atom stereocenters. The molecule has 0 aromatic heterocycles. The third-order valence-corrected chi connectivity index (χ3v) is 4.93. The zero-order valence-electron chi connectivity index (χ0n) is 15.1. The first-order valence-electron chi connectivity index (χ1n) is 8.52. The zero-order valence-corrected chi connectivity index (χ0v) is 16.0. The van der Waals surface area contributed by atoms with E-state index in [1.807, 2.05) is 0 Å². The molecule has 0 radical (unpaired) electrons. The van der Waals surface area contributed by atoms with Gasteiger partial charge in [-0.05, 0) is 36.6 Å². The fourth-order valence-electron chi connectivity index (χ4n) is 3.27. The minimum atomic E-state index is -0.318. The molecule has 0 saturated carbocycles. The smallest absolute Gasteiger partial charge is 0.292 e. The van der Waals surface area contributed by atoms with Crippen LogP contribution in [0.3, 0.4) is 0 Å². The second-order valence-corrected chi connectivity index (χ2v) is 6.64. The molecular weight excluding hydrogens is 352 g/mol. The van der Waals surface area contributed by atoms with E-state index < -0.39 is 0 Å². The standard InChI is InChI=1S/C19H24N4O2.ClH/c1-14-5-3-4-6-16(14)13-21-7-9-22(10-8-21)18-12-17(20)15(2)11-19(18)23(24)25;/h3-6,11-12H,7-10,13,20H2,1-2H3;1H. The normalized spacial score (nSPS) is 14.8. The summed E-state index contributed by atoms with van der Waals surface area (Å²) in [6, 6.07) is 11.7. The average Bonchev–Trinajstić information content (AvgIpc) is 2.59. The fourth-order valence-corrected chi connectivity index (χ4v) is 3.27. The molecule has 2 N–H and O–H groups in total.